The predicted molar refractivity (Wildman–Crippen MR) is 94.5 cm³/mol. The van der Waals surface area contributed by atoms with E-state index in [2.05, 4.69) is 22.6 Å². The maximum atomic E-state index is 12.5. The Hall–Kier alpha value is -1.51. The number of amides is 2. The van der Waals surface area contributed by atoms with Crippen molar-refractivity contribution in [3.8, 4) is 5.75 Å². The van der Waals surface area contributed by atoms with E-state index in [9.17, 15) is 14.7 Å². The van der Waals surface area contributed by atoms with Gasteiger partial charge in [0.2, 0.25) is 0 Å². The third-order valence-electron chi connectivity index (χ3n) is 3.41. The maximum Gasteiger partial charge on any atom is 0.410 e. The van der Waals surface area contributed by atoms with Gasteiger partial charge >= 0.3 is 6.09 Å². The molecule has 7 heteroatoms. The number of rotatable bonds is 1. The van der Waals surface area contributed by atoms with Gasteiger partial charge in [0.1, 0.15) is 11.4 Å². The lowest BCUT2D eigenvalue weighted by Gasteiger charge is -2.35. The van der Waals surface area contributed by atoms with Crippen molar-refractivity contribution in [2.75, 3.05) is 26.2 Å². The largest absolute Gasteiger partial charge is 0.507 e. The highest BCUT2D eigenvalue weighted by atomic mass is 127. The average molecular weight is 432 g/mol. The Morgan fingerprint density at radius 2 is 1.70 bits per heavy atom. The Morgan fingerprint density at radius 3 is 2.26 bits per heavy atom. The Labute approximate surface area is 149 Å². The molecule has 2 rings (SSSR count). The van der Waals surface area contributed by atoms with E-state index in [1.54, 1.807) is 21.9 Å². The molecular weight excluding hydrogens is 411 g/mol. The molecule has 23 heavy (non-hydrogen) atoms. The van der Waals surface area contributed by atoms with Gasteiger partial charge in [-0.1, -0.05) is 0 Å². The summed E-state index contributed by atoms with van der Waals surface area (Å²) in [4.78, 5) is 27.8. The van der Waals surface area contributed by atoms with Crippen LogP contribution in [0.15, 0.2) is 18.2 Å². The number of nitrogens with zero attached hydrogens (tertiary/aromatic N) is 2. The van der Waals surface area contributed by atoms with Crippen molar-refractivity contribution in [2.45, 2.75) is 26.4 Å². The summed E-state index contributed by atoms with van der Waals surface area (Å²) in [6.07, 6.45) is -0.360. The number of halogens is 1. The van der Waals surface area contributed by atoms with E-state index in [-0.39, 0.29) is 17.7 Å². The van der Waals surface area contributed by atoms with Crippen LogP contribution in [0.25, 0.3) is 0 Å². The van der Waals surface area contributed by atoms with Crippen LogP contribution in [0, 0.1) is 3.57 Å². The van der Waals surface area contributed by atoms with E-state index in [0.717, 1.165) is 3.57 Å². The zero-order valence-corrected chi connectivity index (χ0v) is 15.7. The third kappa shape index (κ3) is 4.73. The molecule has 0 radical (unpaired) electrons. The molecule has 1 aromatic carbocycles. The number of phenols is 1. The van der Waals surface area contributed by atoms with Crippen molar-refractivity contribution < 1.29 is 19.4 Å². The average Bonchev–Trinajstić information content (AvgIpc) is 2.47. The van der Waals surface area contributed by atoms with Crippen LogP contribution in [-0.4, -0.2) is 58.7 Å². The zero-order chi connectivity index (χ0) is 17.2. The Kier molecular flexibility index (Phi) is 5.38. The summed E-state index contributed by atoms with van der Waals surface area (Å²) in [5, 5.41) is 9.87. The van der Waals surface area contributed by atoms with Crippen molar-refractivity contribution >= 4 is 34.6 Å². The molecule has 1 aromatic rings. The summed E-state index contributed by atoms with van der Waals surface area (Å²) in [5.41, 5.74) is -0.237. The molecule has 1 fully saturated rings. The first-order chi connectivity index (χ1) is 10.7. The van der Waals surface area contributed by atoms with Crippen LogP contribution in [0.4, 0.5) is 4.79 Å². The smallest absolute Gasteiger partial charge is 0.410 e. The molecule has 1 saturated heterocycles. The van der Waals surface area contributed by atoms with Crippen LogP contribution in [0.1, 0.15) is 31.1 Å². The van der Waals surface area contributed by atoms with E-state index in [1.165, 1.54) is 6.07 Å². The summed E-state index contributed by atoms with van der Waals surface area (Å²) >= 11 is 2.10. The van der Waals surface area contributed by atoms with Gasteiger partial charge in [0.15, 0.2) is 0 Å². The van der Waals surface area contributed by atoms with Crippen LogP contribution in [0.5, 0.6) is 5.75 Å². The fourth-order valence-electron chi connectivity index (χ4n) is 2.27. The first-order valence-electron chi connectivity index (χ1n) is 7.43. The number of benzene rings is 1. The van der Waals surface area contributed by atoms with Gasteiger partial charge in [-0.2, -0.15) is 0 Å². The van der Waals surface area contributed by atoms with Crippen LogP contribution >= 0.6 is 22.6 Å². The van der Waals surface area contributed by atoms with Crippen LogP contribution < -0.4 is 0 Å². The van der Waals surface area contributed by atoms with Gasteiger partial charge in [-0.15, -0.1) is 0 Å². The van der Waals surface area contributed by atoms with Gasteiger partial charge in [0, 0.05) is 29.7 Å². The molecule has 0 aliphatic carbocycles. The summed E-state index contributed by atoms with van der Waals surface area (Å²) in [7, 11) is 0. The van der Waals surface area contributed by atoms with E-state index < -0.39 is 5.60 Å². The van der Waals surface area contributed by atoms with Crippen molar-refractivity contribution in [2.24, 2.45) is 0 Å². The minimum Gasteiger partial charge on any atom is -0.507 e. The van der Waals surface area contributed by atoms with Crippen molar-refractivity contribution in [3.05, 3.63) is 27.3 Å². The highest BCUT2D eigenvalue weighted by Crippen LogP contribution is 2.22. The Bertz CT molecular complexity index is 605. The number of ether oxygens (including phenoxy) is 1. The molecule has 0 saturated carbocycles. The number of carbonyl (C=O) groups excluding carboxylic acids is 2. The van der Waals surface area contributed by atoms with E-state index in [0.29, 0.717) is 31.7 Å². The number of carbonyl (C=O) groups is 2. The summed E-state index contributed by atoms with van der Waals surface area (Å²) < 4.78 is 6.22. The number of hydrogen-bond donors (Lipinski definition) is 1. The van der Waals surface area contributed by atoms with E-state index in [1.807, 2.05) is 20.8 Å². The molecule has 2 amide bonds. The summed E-state index contributed by atoms with van der Waals surface area (Å²) in [6, 6.07) is 4.93. The monoisotopic (exact) mass is 432 g/mol. The van der Waals surface area contributed by atoms with Crippen molar-refractivity contribution in [1.82, 2.24) is 9.80 Å². The highest BCUT2D eigenvalue weighted by molar-refractivity contribution is 14.1. The fourth-order valence-corrected chi connectivity index (χ4v) is 2.76. The molecular formula is C16H21IN2O4. The third-order valence-corrected chi connectivity index (χ3v) is 4.08. The van der Waals surface area contributed by atoms with Crippen molar-refractivity contribution in [3.63, 3.8) is 0 Å². The quantitative estimate of drug-likeness (QED) is 0.693. The van der Waals surface area contributed by atoms with Gasteiger partial charge in [0.05, 0.1) is 5.56 Å². The molecule has 0 atom stereocenters. The molecule has 1 heterocycles. The Morgan fingerprint density at radius 1 is 1.13 bits per heavy atom. The molecule has 126 valence electrons. The number of piperazine rings is 1. The Balaban J connectivity index is 1.97. The predicted octanol–water partition coefficient (Wildman–Crippen LogP) is 2.69. The maximum absolute atomic E-state index is 12.5. The second-order valence-corrected chi connectivity index (χ2v) is 7.67. The van der Waals surface area contributed by atoms with Gasteiger partial charge in [-0.3, -0.25) is 4.79 Å². The number of aromatic hydroxyl groups is 1. The normalized spacial score (nSPS) is 15.5. The topological polar surface area (TPSA) is 70.1 Å². The second kappa shape index (κ2) is 6.94. The van der Waals surface area contributed by atoms with Crippen LogP contribution in [0.2, 0.25) is 0 Å². The van der Waals surface area contributed by atoms with Crippen LogP contribution in [0.3, 0.4) is 0 Å². The number of phenolic OH excluding ortho intramolecular Hbond substituents is 1. The van der Waals surface area contributed by atoms with Crippen molar-refractivity contribution in [1.29, 1.82) is 0 Å². The van der Waals surface area contributed by atoms with E-state index >= 15 is 0 Å². The second-order valence-electron chi connectivity index (χ2n) is 6.42. The molecule has 1 N–H and O–H groups in total. The lowest BCUT2D eigenvalue weighted by Crippen LogP contribution is -2.51. The lowest BCUT2D eigenvalue weighted by molar-refractivity contribution is 0.0140. The standard InChI is InChI=1S/C16H21IN2O4/c1-16(2,3)23-15(22)19-8-6-18(7-9-19)14(21)12-10-11(17)4-5-13(12)20/h4-5,10,20H,6-9H2,1-3H3. The molecule has 1 aliphatic heterocycles. The summed E-state index contributed by atoms with van der Waals surface area (Å²) in [5.74, 6) is -0.241. The minimum atomic E-state index is -0.531. The minimum absolute atomic E-state index is 0.0232. The molecule has 0 unspecified atom stereocenters. The van der Waals surface area contributed by atoms with Crippen LogP contribution in [-0.2, 0) is 4.74 Å². The van der Waals surface area contributed by atoms with E-state index in [4.69, 9.17) is 4.74 Å². The first-order valence-corrected chi connectivity index (χ1v) is 8.51. The van der Waals surface area contributed by atoms with Gasteiger partial charge in [-0.05, 0) is 61.6 Å². The fraction of sp³-hybridized carbons (Fsp3) is 0.500. The molecule has 0 aromatic heterocycles. The van der Waals surface area contributed by atoms with Gasteiger partial charge in [0.25, 0.3) is 5.91 Å². The molecule has 1 aliphatic rings. The SMILES string of the molecule is CC(C)(C)OC(=O)N1CCN(C(=O)c2cc(I)ccc2O)CC1. The lowest BCUT2D eigenvalue weighted by atomic mass is 10.1. The molecule has 0 spiro atoms. The first kappa shape index (κ1) is 17.8. The zero-order valence-electron chi connectivity index (χ0n) is 13.5. The molecule has 6 nitrogen and oxygen atoms in total. The summed E-state index contributed by atoms with van der Waals surface area (Å²) in [6.45, 7) is 7.15. The van der Waals surface area contributed by atoms with Gasteiger partial charge < -0.3 is 19.6 Å². The molecule has 0 bridgehead atoms. The van der Waals surface area contributed by atoms with Gasteiger partial charge in [-0.25, -0.2) is 4.79 Å². The highest BCUT2D eigenvalue weighted by Gasteiger charge is 2.28. The number of hydrogen-bond acceptors (Lipinski definition) is 4.